The smallest absolute Gasteiger partial charge is 0.387 e. The second kappa shape index (κ2) is 49.7. The maximum Gasteiger partial charge on any atom is 0.472 e. The molecule has 0 aliphatic carbocycles. The summed E-state index contributed by atoms with van der Waals surface area (Å²) in [5.41, 5.74) is 0. The van der Waals surface area contributed by atoms with Gasteiger partial charge in [0.25, 0.3) is 0 Å². The number of phosphoric ester groups is 1. The Morgan fingerprint density at radius 1 is 0.493 bits per heavy atom. The van der Waals surface area contributed by atoms with Crippen LogP contribution in [0.5, 0.6) is 0 Å². The van der Waals surface area contributed by atoms with Crippen molar-refractivity contribution in [1.29, 1.82) is 0 Å². The molecule has 0 saturated heterocycles. The fourth-order valence-corrected chi connectivity index (χ4v) is 9.26. The minimum Gasteiger partial charge on any atom is -0.387 e. The molecule has 0 aromatic carbocycles. The minimum atomic E-state index is -4.35. The van der Waals surface area contributed by atoms with Crippen LogP contribution in [0, 0.1) is 0 Å². The Hall–Kier alpha value is -1.28. The van der Waals surface area contributed by atoms with E-state index >= 15 is 0 Å². The van der Waals surface area contributed by atoms with Gasteiger partial charge in [-0.25, -0.2) is 4.57 Å². The first kappa shape index (κ1) is 65.7. The number of allylic oxidation sites excluding steroid dienone is 5. The Morgan fingerprint density at radius 2 is 0.821 bits per heavy atom. The van der Waals surface area contributed by atoms with Gasteiger partial charge >= 0.3 is 7.82 Å². The molecule has 0 aliphatic heterocycles. The van der Waals surface area contributed by atoms with Gasteiger partial charge < -0.3 is 19.8 Å². The molecule has 3 unspecified atom stereocenters. The number of nitrogens with zero attached hydrogens (tertiary/aromatic N) is 1. The lowest BCUT2D eigenvalue weighted by molar-refractivity contribution is -0.870. The fourth-order valence-electron chi connectivity index (χ4n) is 8.53. The van der Waals surface area contributed by atoms with Crippen molar-refractivity contribution in [1.82, 2.24) is 5.32 Å². The molecule has 67 heavy (non-hydrogen) atoms. The lowest BCUT2D eigenvalue weighted by Crippen LogP contribution is -2.45. The van der Waals surface area contributed by atoms with E-state index in [2.05, 4.69) is 43.5 Å². The molecule has 0 bridgehead atoms. The van der Waals surface area contributed by atoms with E-state index in [0.29, 0.717) is 17.4 Å². The van der Waals surface area contributed by atoms with Crippen LogP contribution in [-0.4, -0.2) is 73.4 Å². The van der Waals surface area contributed by atoms with Crippen LogP contribution in [0.3, 0.4) is 0 Å². The summed E-state index contributed by atoms with van der Waals surface area (Å²) in [6.45, 7) is 4.83. The van der Waals surface area contributed by atoms with Gasteiger partial charge in [0.05, 0.1) is 39.9 Å². The van der Waals surface area contributed by atoms with Gasteiger partial charge in [-0.2, -0.15) is 0 Å². The van der Waals surface area contributed by atoms with E-state index in [0.717, 1.165) is 38.5 Å². The molecule has 1 amide bonds. The Labute approximate surface area is 417 Å². The third kappa shape index (κ3) is 52.4. The molecule has 8 nitrogen and oxygen atoms in total. The standard InChI is InChI=1S/C58H113N2O6P/c1-6-8-10-12-14-16-18-20-22-24-26-28-29-30-32-33-35-37-39-41-43-45-47-49-51-57(61)56(55-66-67(63,64)65-54-53-60(3,4)5)59-58(62)52-50-48-46-44-42-40-38-36-34-31-27-25-23-21-19-17-15-13-11-9-7-2/h25,27,41,43,49,51,56-57,61H,6-24,26,28-40,42,44-48,50,52-55H2,1-5H3,(H-,59,62,63,64)/p+1/b27-25-,43-41+,51-49+. The first-order chi connectivity index (χ1) is 32.5. The second-order valence-corrected chi connectivity index (χ2v) is 22.5. The first-order valence-electron chi connectivity index (χ1n) is 28.9. The Kier molecular flexibility index (Phi) is 48.7. The van der Waals surface area contributed by atoms with E-state index in [4.69, 9.17) is 9.05 Å². The van der Waals surface area contributed by atoms with Crippen molar-refractivity contribution in [2.24, 2.45) is 0 Å². The summed E-state index contributed by atoms with van der Waals surface area (Å²) in [5.74, 6) is -0.186. The van der Waals surface area contributed by atoms with Crippen molar-refractivity contribution in [3.63, 3.8) is 0 Å². The van der Waals surface area contributed by atoms with Gasteiger partial charge in [-0.3, -0.25) is 13.8 Å². The normalized spacial score (nSPS) is 14.2. The largest absolute Gasteiger partial charge is 0.472 e. The van der Waals surface area contributed by atoms with Crippen LogP contribution in [0.4, 0.5) is 0 Å². The van der Waals surface area contributed by atoms with Gasteiger partial charge in [0.2, 0.25) is 5.91 Å². The zero-order valence-corrected chi connectivity index (χ0v) is 46.0. The summed E-state index contributed by atoms with van der Waals surface area (Å²) in [6.07, 6.45) is 63.9. The van der Waals surface area contributed by atoms with E-state index in [1.54, 1.807) is 6.08 Å². The predicted octanol–water partition coefficient (Wildman–Crippen LogP) is 17.4. The van der Waals surface area contributed by atoms with Crippen LogP contribution < -0.4 is 5.32 Å². The monoisotopic (exact) mass is 966 g/mol. The Morgan fingerprint density at radius 3 is 1.19 bits per heavy atom. The summed E-state index contributed by atoms with van der Waals surface area (Å²) in [6, 6.07) is -0.864. The van der Waals surface area contributed by atoms with Crippen molar-refractivity contribution in [3.05, 3.63) is 36.5 Å². The predicted molar refractivity (Wildman–Crippen MR) is 291 cm³/mol. The number of hydrogen-bond donors (Lipinski definition) is 3. The van der Waals surface area contributed by atoms with Crippen LogP contribution >= 0.6 is 7.82 Å². The molecule has 3 atom stereocenters. The number of aliphatic hydroxyl groups is 1. The third-order valence-electron chi connectivity index (χ3n) is 13.1. The average molecular weight is 967 g/mol. The summed E-state index contributed by atoms with van der Waals surface area (Å²) in [4.78, 5) is 23.3. The van der Waals surface area contributed by atoms with Gasteiger partial charge in [0.15, 0.2) is 0 Å². The molecule has 0 rings (SSSR count). The Balaban J connectivity index is 4.26. The maximum absolute atomic E-state index is 13.0. The molecule has 0 radical (unpaired) electrons. The van der Waals surface area contributed by atoms with Crippen LogP contribution in [0.15, 0.2) is 36.5 Å². The van der Waals surface area contributed by atoms with Crippen molar-refractivity contribution in [2.75, 3.05) is 40.9 Å². The lowest BCUT2D eigenvalue weighted by Gasteiger charge is -2.25. The number of quaternary nitrogens is 1. The van der Waals surface area contributed by atoms with Crippen molar-refractivity contribution in [3.8, 4) is 0 Å². The molecule has 0 heterocycles. The van der Waals surface area contributed by atoms with Crippen LogP contribution in [0.1, 0.15) is 277 Å². The summed E-state index contributed by atoms with van der Waals surface area (Å²) >= 11 is 0. The van der Waals surface area contributed by atoms with Crippen molar-refractivity contribution < 1.29 is 32.9 Å². The number of likely N-dealkylation sites (N-methyl/N-ethyl adjacent to an activating group) is 1. The van der Waals surface area contributed by atoms with E-state index in [1.807, 2.05) is 27.2 Å². The van der Waals surface area contributed by atoms with Gasteiger partial charge in [0, 0.05) is 6.42 Å². The molecule has 0 spiro atoms. The third-order valence-corrected chi connectivity index (χ3v) is 14.1. The molecule has 0 fully saturated rings. The highest BCUT2D eigenvalue weighted by molar-refractivity contribution is 7.47. The summed E-state index contributed by atoms with van der Waals surface area (Å²) in [5, 5.41) is 13.9. The van der Waals surface area contributed by atoms with Crippen LogP contribution in [0.25, 0.3) is 0 Å². The van der Waals surface area contributed by atoms with E-state index in [1.165, 1.54) is 218 Å². The lowest BCUT2D eigenvalue weighted by atomic mass is 10.0. The number of nitrogens with one attached hydrogen (secondary N) is 1. The molecule has 9 heteroatoms. The highest BCUT2D eigenvalue weighted by Gasteiger charge is 2.27. The number of carbonyl (C=O) groups excluding carboxylic acids is 1. The number of phosphoric acid groups is 1. The maximum atomic E-state index is 13.0. The summed E-state index contributed by atoms with van der Waals surface area (Å²) < 4.78 is 23.7. The van der Waals surface area contributed by atoms with Gasteiger partial charge in [-0.1, -0.05) is 249 Å². The molecule has 0 aliphatic rings. The number of rotatable bonds is 53. The zero-order valence-electron chi connectivity index (χ0n) is 45.2. The Bertz CT molecular complexity index is 1190. The minimum absolute atomic E-state index is 0.0564. The number of aliphatic hydroxyl groups excluding tert-OH is 1. The topological polar surface area (TPSA) is 105 Å². The number of amides is 1. The quantitative estimate of drug-likeness (QED) is 0.0243. The molecule has 396 valence electrons. The van der Waals surface area contributed by atoms with Gasteiger partial charge in [-0.15, -0.1) is 0 Å². The molecular formula is C58H114N2O6P+. The van der Waals surface area contributed by atoms with Crippen LogP contribution in [-0.2, 0) is 18.4 Å². The fraction of sp³-hybridized carbons (Fsp3) is 0.879. The zero-order chi connectivity index (χ0) is 49.2. The molecule has 0 saturated carbocycles. The van der Waals surface area contributed by atoms with E-state index in [9.17, 15) is 19.4 Å². The molecular weight excluding hydrogens is 852 g/mol. The van der Waals surface area contributed by atoms with Gasteiger partial charge in [0.1, 0.15) is 13.2 Å². The van der Waals surface area contributed by atoms with E-state index < -0.39 is 20.0 Å². The second-order valence-electron chi connectivity index (χ2n) is 21.0. The van der Waals surface area contributed by atoms with Crippen molar-refractivity contribution in [2.45, 2.75) is 289 Å². The highest BCUT2D eigenvalue weighted by Crippen LogP contribution is 2.43. The molecule has 3 N–H and O–H groups in total. The highest BCUT2D eigenvalue weighted by atomic mass is 31.2. The number of unbranched alkanes of at least 4 members (excludes halogenated alkanes) is 36. The first-order valence-corrected chi connectivity index (χ1v) is 30.4. The van der Waals surface area contributed by atoms with Crippen LogP contribution in [0.2, 0.25) is 0 Å². The van der Waals surface area contributed by atoms with Crippen molar-refractivity contribution >= 4 is 13.7 Å². The average Bonchev–Trinajstić information content (AvgIpc) is 3.29. The van der Waals surface area contributed by atoms with Gasteiger partial charge in [-0.05, 0) is 57.8 Å². The SMILES string of the molecule is CCCCCCCCCC/C=C\CCCCCCCCCCCC(=O)NC(COP(=O)(O)OCC[N+](C)(C)C)C(O)/C=C/CC/C=C/CCCCCCCCCCCCCCCCCCCC. The molecule has 0 aromatic rings. The number of carbonyl (C=O) groups is 1. The molecule has 0 aromatic heterocycles. The van der Waals surface area contributed by atoms with E-state index in [-0.39, 0.29) is 19.1 Å². The number of hydrogen-bond acceptors (Lipinski definition) is 5. The summed E-state index contributed by atoms with van der Waals surface area (Å²) in [7, 11) is 1.56.